The third-order valence-corrected chi connectivity index (χ3v) is 1.73. The maximum absolute atomic E-state index is 10.5. The van der Waals surface area contributed by atoms with Gasteiger partial charge in [-0.1, -0.05) is 0 Å². The monoisotopic (exact) mass is 189 g/mol. The molecule has 0 aliphatic heterocycles. The minimum Gasteiger partial charge on any atom is -0.755 e. The lowest BCUT2D eigenvalue weighted by Crippen LogP contribution is -2.37. The molecule has 3 N–H and O–H groups in total. The van der Waals surface area contributed by atoms with Crippen LogP contribution in [-0.2, 0) is 11.3 Å². The highest BCUT2D eigenvalue weighted by Gasteiger charge is 2.13. The Balaban J connectivity index is 2.96. The normalized spacial score (nSPS) is 12.4. The summed E-state index contributed by atoms with van der Waals surface area (Å²) in [6, 6.07) is 0.216. The molecule has 0 fully saturated rings. The Morgan fingerprint density at radius 1 is 1.83 bits per heavy atom. The zero-order valence-corrected chi connectivity index (χ0v) is 6.58. The molecule has 0 spiro atoms. The van der Waals surface area contributed by atoms with Crippen molar-refractivity contribution in [3.8, 4) is 0 Å². The zero-order chi connectivity index (χ0) is 9.14. The van der Waals surface area contributed by atoms with E-state index in [9.17, 15) is 13.6 Å². The van der Waals surface area contributed by atoms with Gasteiger partial charge in [0.15, 0.2) is 0 Å². The van der Waals surface area contributed by atoms with E-state index < -0.39 is 17.3 Å². The lowest BCUT2D eigenvalue weighted by atomic mass is 10.6. The summed E-state index contributed by atoms with van der Waals surface area (Å²) in [4.78, 5) is 10.5. The van der Waals surface area contributed by atoms with Crippen LogP contribution in [0.4, 0.5) is 10.6 Å². The summed E-state index contributed by atoms with van der Waals surface area (Å²) in [6.45, 7) is 0. The van der Waals surface area contributed by atoms with Gasteiger partial charge in [0.05, 0.1) is 17.5 Å². The number of aromatic amines is 1. The van der Waals surface area contributed by atoms with Crippen molar-refractivity contribution in [2.75, 3.05) is 4.31 Å². The largest absolute Gasteiger partial charge is 0.755 e. The number of amides is 2. The average Bonchev–Trinajstić information content (AvgIpc) is 2.37. The molecule has 0 aliphatic carbocycles. The van der Waals surface area contributed by atoms with Gasteiger partial charge >= 0.3 is 6.03 Å². The fourth-order valence-electron chi connectivity index (χ4n) is 0.634. The van der Waals surface area contributed by atoms with E-state index >= 15 is 0 Å². The van der Waals surface area contributed by atoms with Gasteiger partial charge in [0.1, 0.15) is 5.82 Å². The molecule has 8 heteroatoms. The number of carbonyl (C=O) groups excluding carboxylic acids is 1. The van der Waals surface area contributed by atoms with Crippen LogP contribution in [0, 0.1) is 0 Å². The first kappa shape index (κ1) is 8.68. The summed E-state index contributed by atoms with van der Waals surface area (Å²) < 4.78 is 21.2. The van der Waals surface area contributed by atoms with E-state index in [-0.39, 0.29) is 5.82 Å². The zero-order valence-electron chi connectivity index (χ0n) is 5.76. The van der Waals surface area contributed by atoms with Gasteiger partial charge in [0.2, 0.25) is 0 Å². The third-order valence-electron chi connectivity index (χ3n) is 1.05. The Bertz CT molecular complexity index is 283. The third kappa shape index (κ3) is 1.60. The molecule has 12 heavy (non-hydrogen) atoms. The van der Waals surface area contributed by atoms with Crippen LogP contribution in [-0.4, -0.2) is 25.0 Å². The van der Waals surface area contributed by atoms with Crippen molar-refractivity contribution in [2.24, 2.45) is 5.73 Å². The number of primary amides is 1. The second-order valence-electron chi connectivity index (χ2n) is 1.79. The van der Waals surface area contributed by atoms with E-state index in [1.165, 1.54) is 12.3 Å². The van der Waals surface area contributed by atoms with Crippen LogP contribution in [0.1, 0.15) is 0 Å². The van der Waals surface area contributed by atoms with Crippen molar-refractivity contribution in [1.82, 2.24) is 10.2 Å². The highest BCUT2D eigenvalue weighted by Crippen LogP contribution is 2.09. The molecule has 0 bridgehead atoms. The van der Waals surface area contributed by atoms with Crippen LogP contribution >= 0.6 is 0 Å². The molecule has 2 amide bonds. The quantitative estimate of drug-likeness (QED) is 0.586. The van der Waals surface area contributed by atoms with Gasteiger partial charge in [-0.2, -0.15) is 5.10 Å². The van der Waals surface area contributed by atoms with E-state index in [1.807, 2.05) is 0 Å². The van der Waals surface area contributed by atoms with Crippen LogP contribution in [0.25, 0.3) is 0 Å². The predicted molar refractivity (Wildman–Crippen MR) is 39.6 cm³/mol. The fourth-order valence-corrected chi connectivity index (χ4v) is 1.04. The number of rotatable bonds is 2. The topological polar surface area (TPSA) is 115 Å². The summed E-state index contributed by atoms with van der Waals surface area (Å²) in [5.41, 5.74) is 4.78. The number of hydrogen-bond donors (Lipinski definition) is 2. The van der Waals surface area contributed by atoms with E-state index in [1.54, 1.807) is 0 Å². The summed E-state index contributed by atoms with van der Waals surface area (Å²) in [6.07, 6.45) is 1.30. The Kier molecular flexibility index (Phi) is 2.41. The van der Waals surface area contributed by atoms with Crippen molar-refractivity contribution in [3.05, 3.63) is 12.3 Å². The Morgan fingerprint density at radius 2 is 2.50 bits per heavy atom. The number of urea groups is 1. The van der Waals surface area contributed by atoms with Crippen LogP contribution in [0.15, 0.2) is 12.3 Å². The number of nitrogens with one attached hydrogen (secondary N) is 1. The number of hydrogen-bond acceptors (Lipinski definition) is 4. The Labute approximate surface area is 70.0 Å². The number of H-pyrrole nitrogens is 1. The summed E-state index contributed by atoms with van der Waals surface area (Å²) in [7, 11) is 0. The molecule has 0 saturated carbocycles. The smallest absolute Gasteiger partial charge is 0.331 e. The molecular weight excluding hydrogens is 184 g/mol. The number of nitrogens with two attached hydrogens (primary N) is 1. The number of anilines is 1. The molecule has 66 valence electrons. The predicted octanol–water partition coefficient (Wildman–Crippen LogP) is -0.911. The molecular formula is C4H5N4O3S-. The van der Waals surface area contributed by atoms with E-state index in [4.69, 9.17) is 5.73 Å². The molecule has 0 aliphatic rings. The van der Waals surface area contributed by atoms with Gasteiger partial charge in [0, 0.05) is 6.07 Å². The molecule has 1 rings (SSSR count). The maximum atomic E-state index is 10.5. The summed E-state index contributed by atoms with van der Waals surface area (Å²) >= 11 is -2.73. The maximum Gasteiger partial charge on any atom is 0.331 e. The number of nitrogens with zero attached hydrogens (tertiary/aromatic N) is 2. The van der Waals surface area contributed by atoms with Crippen molar-refractivity contribution >= 4 is 23.1 Å². The van der Waals surface area contributed by atoms with Gasteiger partial charge < -0.3 is 10.3 Å². The van der Waals surface area contributed by atoms with Crippen LogP contribution < -0.4 is 10.0 Å². The Morgan fingerprint density at radius 3 is 2.83 bits per heavy atom. The SMILES string of the molecule is NC(=O)N(c1ccn[nH]1)S(=O)[O-]. The molecule has 0 radical (unpaired) electrons. The van der Waals surface area contributed by atoms with Gasteiger partial charge in [-0.15, -0.1) is 0 Å². The minimum absolute atomic E-state index is 0.0100. The number of aromatic nitrogens is 2. The molecule has 1 aromatic rings. The molecule has 0 aromatic carbocycles. The van der Waals surface area contributed by atoms with E-state index in [0.717, 1.165) is 0 Å². The molecule has 0 saturated heterocycles. The first-order valence-corrected chi connectivity index (χ1v) is 3.84. The molecule has 1 heterocycles. The van der Waals surface area contributed by atoms with Crippen molar-refractivity contribution in [1.29, 1.82) is 0 Å². The van der Waals surface area contributed by atoms with Crippen molar-refractivity contribution in [3.63, 3.8) is 0 Å². The fraction of sp³-hybridized carbons (Fsp3) is 0. The highest BCUT2D eigenvalue weighted by molar-refractivity contribution is 7.81. The molecule has 7 nitrogen and oxygen atoms in total. The average molecular weight is 189 g/mol. The van der Waals surface area contributed by atoms with Gasteiger partial charge in [-0.3, -0.25) is 9.31 Å². The molecule has 1 unspecified atom stereocenters. The van der Waals surface area contributed by atoms with Crippen molar-refractivity contribution in [2.45, 2.75) is 0 Å². The Hall–Kier alpha value is -1.41. The minimum atomic E-state index is -2.73. The lowest BCUT2D eigenvalue weighted by molar-refractivity contribution is 0.256. The first-order chi connectivity index (χ1) is 5.63. The van der Waals surface area contributed by atoms with Gasteiger partial charge in [0.25, 0.3) is 0 Å². The van der Waals surface area contributed by atoms with Gasteiger partial charge in [-0.05, 0) is 0 Å². The highest BCUT2D eigenvalue weighted by atomic mass is 32.2. The lowest BCUT2D eigenvalue weighted by Gasteiger charge is -2.19. The molecule has 1 atom stereocenters. The standard InChI is InChI=1S/C4H6N4O3S/c5-4(9)8(12(10)11)3-1-2-6-7-3/h1-2H,(H2,5,9)(H,6,7)(H,10,11)/p-1. The number of carbonyl (C=O) groups is 1. The van der Waals surface area contributed by atoms with Crippen LogP contribution in [0.2, 0.25) is 0 Å². The van der Waals surface area contributed by atoms with Crippen LogP contribution in [0.5, 0.6) is 0 Å². The van der Waals surface area contributed by atoms with Gasteiger partial charge in [-0.25, -0.2) is 9.10 Å². The van der Waals surface area contributed by atoms with E-state index in [0.29, 0.717) is 4.31 Å². The second kappa shape index (κ2) is 3.32. The summed E-state index contributed by atoms with van der Waals surface area (Å²) in [5, 5.41) is 5.74. The first-order valence-electron chi connectivity index (χ1n) is 2.81. The van der Waals surface area contributed by atoms with Crippen molar-refractivity contribution < 1.29 is 13.6 Å². The molecule has 1 aromatic heterocycles. The van der Waals surface area contributed by atoms with E-state index in [2.05, 4.69) is 10.2 Å². The van der Waals surface area contributed by atoms with Crippen LogP contribution in [0.3, 0.4) is 0 Å². The summed E-state index contributed by atoms with van der Waals surface area (Å²) in [5.74, 6) is 0.0100. The second-order valence-corrected chi connectivity index (χ2v) is 2.59.